The maximum atomic E-state index is 13.3. The van der Waals surface area contributed by atoms with E-state index in [1.165, 1.54) is 24.4 Å². The van der Waals surface area contributed by atoms with Gasteiger partial charge in [0.15, 0.2) is 17.5 Å². The SMILES string of the molecule is Cc1cc(Nc2nc(-c3ccccc3C(F)(F)F)nc3cnsc23)n[nH]1. The van der Waals surface area contributed by atoms with Gasteiger partial charge in [0, 0.05) is 17.3 Å². The Morgan fingerprint density at radius 1 is 1.15 bits per heavy atom. The summed E-state index contributed by atoms with van der Waals surface area (Å²) in [4.78, 5) is 8.57. The molecule has 0 fully saturated rings. The van der Waals surface area contributed by atoms with Crippen LogP contribution in [0.5, 0.6) is 0 Å². The van der Waals surface area contributed by atoms with Crippen LogP contribution in [-0.2, 0) is 6.18 Å². The topological polar surface area (TPSA) is 79.4 Å². The quantitative estimate of drug-likeness (QED) is 0.548. The van der Waals surface area contributed by atoms with Crippen LogP contribution in [0.2, 0.25) is 0 Å². The zero-order chi connectivity index (χ0) is 18.3. The number of nitrogens with one attached hydrogen (secondary N) is 2. The summed E-state index contributed by atoms with van der Waals surface area (Å²) in [5.74, 6) is 0.835. The molecule has 0 atom stereocenters. The molecule has 3 heterocycles. The van der Waals surface area contributed by atoms with Gasteiger partial charge in [0.1, 0.15) is 10.2 Å². The number of aryl methyl sites for hydroxylation is 1. The van der Waals surface area contributed by atoms with Crippen molar-refractivity contribution < 1.29 is 13.2 Å². The van der Waals surface area contributed by atoms with E-state index in [1.807, 2.05) is 6.92 Å². The highest BCUT2D eigenvalue weighted by Crippen LogP contribution is 2.37. The molecule has 0 spiro atoms. The summed E-state index contributed by atoms with van der Waals surface area (Å²) in [5.41, 5.74) is 0.426. The average Bonchev–Trinajstić information content (AvgIpc) is 3.23. The normalized spacial score (nSPS) is 11.8. The van der Waals surface area contributed by atoms with Gasteiger partial charge in [-0.15, -0.1) is 0 Å². The van der Waals surface area contributed by atoms with Gasteiger partial charge in [0.05, 0.1) is 11.8 Å². The summed E-state index contributed by atoms with van der Waals surface area (Å²) < 4.78 is 44.7. The van der Waals surface area contributed by atoms with Crippen LogP contribution in [0, 0.1) is 6.92 Å². The lowest BCUT2D eigenvalue weighted by atomic mass is 10.1. The summed E-state index contributed by atoms with van der Waals surface area (Å²) >= 11 is 1.16. The Labute approximate surface area is 149 Å². The summed E-state index contributed by atoms with van der Waals surface area (Å²) in [6.07, 6.45) is -3.00. The lowest BCUT2D eigenvalue weighted by Crippen LogP contribution is -2.08. The van der Waals surface area contributed by atoms with Gasteiger partial charge in [0.2, 0.25) is 0 Å². The number of aromatic amines is 1. The lowest BCUT2D eigenvalue weighted by Gasteiger charge is -2.12. The molecular formula is C16H11F3N6S. The summed E-state index contributed by atoms with van der Waals surface area (Å²) in [6.45, 7) is 1.84. The number of hydrogen-bond acceptors (Lipinski definition) is 6. The monoisotopic (exact) mass is 376 g/mol. The molecule has 10 heteroatoms. The number of hydrogen-bond donors (Lipinski definition) is 2. The molecule has 26 heavy (non-hydrogen) atoms. The Morgan fingerprint density at radius 3 is 2.69 bits per heavy atom. The zero-order valence-electron chi connectivity index (χ0n) is 13.3. The van der Waals surface area contributed by atoms with Gasteiger partial charge >= 0.3 is 6.18 Å². The third kappa shape index (κ3) is 2.99. The van der Waals surface area contributed by atoms with Gasteiger partial charge in [-0.3, -0.25) is 5.10 Å². The zero-order valence-corrected chi connectivity index (χ0v) is 14.1. The molecule has 6 nitrogen and oxygen atoms in total. The molecule has 0 amide bonds. The summed E-state index contributed by atoms with van der Waals surface area (Å²) in [7, 11) is 0. The fraction of sp³-hybridized carbons (Fsp3) is 0.125. The largest absolute Gasteiger partial charge is 0.417 e. The lowest BCUT2D eigenvalue weighted by molar-refractivity contribution is -0.137. The molecule has 0 aliphatic carbocycles. The van der Waals surface area contributed by atoms with E-state index in [1.54, 1.807) is 6.07 Å². The highest BCUT2D eigenvalue weighted by atomic mass is 32.1. The number of alkyl halides is 3. The molecule has 0 radical (unpaired) electrons. The van der Waals surface area contributed by atoms with Gasteiger partial charge in [-0.2, -0.15) is 22.6 Å². The van der Waals surface area contributed by atoms with Crippen molar-refractivity contribution in [3.05, 3.63) is 47.8 Å². The van der Waals surface area contributed by atoms with E-state index in [0.29, 0.717) is 21.9 Å². The molecule has 4 aromatic rings. The van der Waals surface area contributed by atoms with E-state index in [2.05, 4.69) is 29.9 Å². The first-order valence-electron chi connectivity index (χ1n) is 7.50. The molecule has 0 saturated heterocycles. The molecule has 0 aliphatic rings. The minimum absolute atomic E-state index is 0.0274. The van der Waals surface area contributed by atoms with Crippen LogP contribution < -0.4 is 5.32 Å². The number of aromatic nitrogens is 5. The Hall–Kier alpha value is -3.01. The van der Waals surface area contributed by atoms with Crippen LogP contribution in [-0.4, -0.2) is 24.5 Å². The van der Waals surface area contributed by atoms with Crippen LogP contribution >= 0.6 is 11.5 Å². The summed E-state index contributed by atoms with van der Waals surface area (Å²) in [5, 5.41) is 9.88. The maximum Gasteiger partial charge on any atom is 0.417 e. The minimum atomic E-state index is -4.51. The predicted molar refractivity (Wildman–Crippen MR) is 92.3 cm³/mol. The fourth-order valence-electron chi connectivity index (χ4n) is 2.51. The molecule has 4 rings (SSSR count). The molecular weight excluding hydrogens is 365 g/mol. The van der Waals surface area contributed by atoms with E-state index in [0.717, 1.165) is 23.3 Å². The average molecular weight is 376 g/mol. The number of nitrogens with zero attached hydrogens (tertiary/aromatic N) is 4. The Balaban J connectivity index is 1.87. The third-order valence-electron chi connectivity index (χ3n) is 3.64. The molecule has 1 aromatic carbocycles. The van der Waals surface area contributed by atoms with Gasteiger partial charge in [-0.1, -0.05) is 18.2 Å². The minimum Gasteiger partial charge on any atom is -0.322 e. The number of rotatable bonds is 3. The van der Waals surface area contributed by atoms with Crippen LogP contribution in [0.15, 0.2) is 36.5 Å². The molecule has 132 valence electrons. The number of benzene rings is 1. The fourth-order valence-corrected chi connectivity index (χ4v) is 3.14. The predicted octanol–water partition coefficient (Wildman–Crippen LogP) is 4.55. The first-order valence-corrected chi connectivity index (χ1v) is 8.27. The molecule has 2 N–H and O–H groups in total. The molecule has 0 saturated carbocycles. The highest BCUT2D eigenvalue weighted by Gasteiger charge is 2.34. The van der Waals surface area contributed by atoms with Crippen LogP contribution in [0.4, 0.5) is 24.8 Å². The van der Waals surface area contributed by atoms with Crippen molar-refractivity contribution in [1.29, 1.82) is 0 Å². The Bertz CT molecular complexity index is 1080. The van der Waals surface area contributed by atoms with Crippen molar-refractivity contribution in [2.75, 3.05) is 5.32 Å². The van der Waals surface area contributed by atoms with Crippen LogP contribution in [0.3, 0.4) is 0 Å². The smallest absolute Gasteiger partial charge is 0.322 e. The van der Waals surface area contributed by atoms with Crippen molar-refractivity contribution in [2.45, 2.75) is 13.1 Å². The van der Waals surface area contributed by atoms with Crippen LogP contribution in [0.25, 0.3) is 21.6 Å². The molecule has 0 aliphatic heterocycles. The number of anilines is 2. The molecule has 3 aromatic heterocycles. The molecule has 0 bridgehead atoms. The summed E-state index contributed by atoms with van der Waals surface area (Å²) in [6, 6.07) is 6.99. The molecule has 0 unspecified atom stereocenters. The van der Waals surface area contributed by atoms with Gasteiger partial charge in [-0.05, 0) is 24.5 Å². The second-order valence-electron chi connectivity index (χ2n) is 5.54. The second-order valence-corrected chi connectivity index (χ2v) is 6.34. The van der Waals surface area contributed by atoms with Crippen LogP contribution in [0.1, 0.15) is 11.3 Å². The van der Waals surface area contributed by atoms with Crippen molar-refractivity contribution in [3.8, 4) is 11.4 Å². The standard InChI is InChI=1S/C16H11F3N6S/c1-8-6-12(25-24-8)22-15-13-11(7-20-26-13)21-14(23-15)9-4-2-3-5-10(9)16(17,18)19/h2-7H,1H3,(H2,21,22,23,24,25). The van der Waals surface area contributed by atoms with Gasteiger partial charge in [0.25, 0.3) is 0 Å². The van der Waals surface area contributed by atoms with Gasteiger partial charge < -0.3 is 5.32 Å². The van der Waals surface area contributed by atoms with Crippen molar-refractivity contribution in [2.24, 2.45) is 0 Å². The second kappa shape index (κ2) is 6.06. The first-order chi connectivity index (χ1) is 12.4. The van der Waals surface area contributed by atoms with E-state index >= 15 is 0 Å². The van der Waals surface area contributed by atoms with E-state index < -0.39 is 11.7 Å². The van der Waals surface area contributed by atoms with Gasteiger partial charge in [-0.25, -0.2) is 9.97 Å². The van der Waals surface area contributed by atoms with Crippen molar-refractivity contribution in [3.63, 3.8) is 0 Å². The van der Waals surface area contributed by atoms with Crippen molar-refractivity contribution >= 4 is 33.4 Å². The number of H-pyrrole nitrogens is 1. The van der Waals surface area contributed by atoms with E-state index in [-0.39, 0.29) is 11.4 Å². The maximum absolute atomic E-state index is 13.3. The highest BCUT2D eigenvalue weighted by molar-refractivity contribution is 7.13. The Kier molecular flexibility index (Phi) is 3.83. The number of fused-ring (bicyclic) bond motifs is 1. The Morgan fingerprint density at radius 2 is 1.96 bits per heavy atom. The first kappa shape index (κ1) is 16.5. The van der Waals surface area contributed by atoms with E-state index in [9.17, 15) is 13.2 Å². The van der Waals surface area contributed by atoms with E-state index in [4.69, 9.17) is 0 Å². The van der Waals surface area contributed by atoms with Crippen molar-refractivity contribution in [1.82, 2.24) is 24.5 Å². The number of halogens is 3. The third-order valence-corrected chi connectivity index (χ3v) is 4.43.